The molecule has 8 heteroatoms. The molecule has 5 nitrogen and oxygen atoms in total. The van der Waals surface area contributed by atoms with Crippen molar-refractivity contribution in [1.82, 2.24) is 10.6 Å². The Morgan fingerprint density at radius 3 is 2.61 bits per heavy atom. The quantitative estimate of drug-likeness (QED) is 0.509. The first-order valence-electron chi connectivity index (χ1n) is 9.10. The number of alkyl halides is 3. The third-order valence-electron chi connectivity index (χ3n) is 3.83. The second-order valence-electron chi connectivity index (χ2n) is 6.44. The molecule has 0 fully saturated rings. The van der Waals surface area contributed by atoms with Crippen LogP contribution >= 0.6 is 0 Å². The Morgan fingerprint density at radius 1 is 1.21 bits per heavy atom. The minimum Gasteiger partial charge on any atom is -0.464 e. The van der Waals surface area contributed by atoms with Crippen LogP contribution in [0.4, 0.5) is 13.2 Å². The molecule has 0 saturated carbocycles. The maximum absolute atomic E-state index is 12.2. The van der Waals surface area contributed by atoms with Gasteiger partial charge in [-0.05, 0) is 44.0 Å². The first-order valence-corrected chi connectivity index (χ1v) is 9.10. The van der Waals surface area contributed by atoms with Crippen LogP contribution in [0.3, 0.4) is 0 Å². The lowest BCUT2D eigenvalue weighted by Gasteiger charge is -2.16. The molecule has 0 aliphatic heterocycles. The predicted molar refractivity (Wildman–Crippen MR) is 102 cm³/mol. The highest BCUT2D eigenvalue weighted by atomic mass is 19.4. The van der Waals surface area contributed by atoms with E-state index in [9.17, 15) is 13.2 Å². The molecule has 28 heavy (non-hydrogen) atoms. The molecule has 154 valence electrons. The Bertz CT molecular complexity index is 772. The molecule has 0 aliphatic carbocycles. The van der Waals surface area contributed by atoms with Crippen molar-refractivity contribution in [3.05, 3.63) is 59.0 Å². The van der Waals surface area contributed by atoms with E-state index in [2.05, 4.69) is 15.6 Å². The fourth-order valence-corrected chi connectivity index (χ4v) is 2.56. The summed E-state index contributed by atoms with van der Waals surface area (Å²) in [6, 6.07) is 10.9. The maximum atomic E-state index is 12.2. The van der Waals surface area contributed by atoms with E-state index in [0.29, 0.717) is 24.6 Å². The molecular formula is C20H26F3N3O2. The monoisotopic (exact) mass is 397 g/mol. The Kier molecular flexibility index (Phi) is 7.92. The van der Waals surface area contributed by atoms with Gasteiger partial charge < -0.3 is 19.8 Å². The standard InChI is InChI=1S/C20H26F3N3O2/c1-4-24-19(26-15(3)18-9-8-14(2)28-18)25-11-16-6-5-7-17(10-16)12-27-13-20(21,22)23/h5-10,15H,4,11-13H2,1-3H3,(H2,24,25,26). The number of aliphatic imine (C=N–C) groups is 1. The van der Waals surface area contributed by atoms with Crippen LogP contribution in [-0.2, 0) is 17.9 Å². The van der Waals surface area contributed by atoms with Crippen LogP contribution in [-0.4, -0.2) is 25.3 Å². The van der Waals surface area contributed by atoms with Crippen LogP contribution in [0.15, 0.2) is 45.8 Å². The van der Waals surface area contributed by atoms with E-state index in [1.165, 1.54) is 0 Å². The molecule has 0 aliphatic rings. The van der Waals surface area contributed by atoms with E-state index in [0.717, 1.165) is 17.1 Å². The number of benzene rings is 1. The van der Waals surface area contributed by atoms with Crippen LogP contribution in [0.1, 0.15) is 42.5 Å². The first-order chi connectivity index (χ1) is 13.3. The van der Waals surface area contributed by atoms with Gasteiger partial charge in [0.2, 0.25) is 0 Å². The molecule has 2 N–H and O–H groups in total. The fraction of sp³-hybridized carbons (Fsp3) is 0.450. The van der Waals surface area contributed by atoms with Gasteiger partial charge in [-0.3, -0.25) is 0 Å². The molecule has 0 saturated heterocycles. The highest BCUT2D eigenvalue weighted by Crippen LogP contribution is 2.17. The largest absolute Gasteiger partial charge is 0.464 e. The van der Waals surface area contributed by atoms with Gasteiger partial charge in [0, 0.05) is 6.54 Å². The van der Waals surface area contributed by atoms with Gasteiger partial charge in [0.05, 0.1) is 19.2 Å². The number of furan rings is 1. The molecule has 0 amide bonds. The summed E-state index contributed by atoms with van der Waals surface area (Å²) in [7, 11) is 0. The SMILES string of the molecule is CCNC(=NCc1cccc(COCC(F)(F)F)c1)NC(C)c1ccc(C)o1. The molecule has 2 aromatic rings. The zero-order valence-electron chi connectivity index (χ0n) is 16.3. The summed E-state index contributed by atoms with van der Waals surface area (Å²) in [6.07, 6.45) is -4.32. The maximum Gasteiger partial charge on any atom is 0.411 e. The molecule has 1 aromatic heterocycles. The Balaban J connectivity index is 1.97. The lowest BCUT2D eigenvalue weighted by atomic mass is 10.1. The number of guanidine groups is 1. The molecular weight excluding hydrogens is 371 g/mol. The number of hydrogen-bond acceptors (Lipinski definition) is 3. The normalized spacial score (nSPS) is 13.4. The third kappa shape index (κ3) is 7.64. The van der Waals surface area contributed by atoms with Crippen LogP contribution in [0, 0.1) is 6.92 Å². The topological polar surface area (TPSA) is 58.8 Å². The number of nitrogens with one attached hydrogen (secondary N) is 2. The second kappa shape index (κ2) is 10.2. The van der Waals surface area contributed by atoms with Crippen LogP contribution in [0.5, 0.6) is 0 Å². The molecule has 0 radical (unpaired) electrons. The lowest BCUT2D eigenvalue weighted by molar-refractivity contribution is -0.176. The van der Waals surface area contributed by atoms with E-state index in [4.69, 9.17) is 9.15 Å². The molecule has 1 heterocycles. The number of halogens is 3. The summed E-state index contributed by atoms with van der Waals surface area (Å²) in [5.74, 6) is 2.28. The van der Waals surface area contributed by atoms with E-state index < -0.39 is 12.8 Å². The van der Waals surface area contributed by atoms with Crippen LogP contribution in [0.2, 0.25) is 0 Å². The number of ether oxygens (including phenoxy) is 1. The summed E-state index contributed by atoms with van der Waals surface area (Å²) in [4.78, 5) is 4.55. The first kappa shape index (κ1) is 21.8. The lowest BCUT2D eigenvalue weighted by Crippen LogP contribution is -2.38. The summed E-state index contributed by atoms with van der Waals surface area (Å²) < 4.78 is 46.9. The minimum absolute atomic E-state index is 0.0615. The minimum atomic E-state index is -4.32. The van der Waals surface area contributed by atoms with E-state index >= 15 is 0 Å². The van der Waals surface area contributed by atoms with Crippen molar-refractivity contribution in [2.75, 3.05) is 13.2 Å². The summed E-state index contributed by atoms with van der Waals surface area (Å²) in [5.41, 5.74) is 1.56. The molecule has 1 aromatic carbocycles. The Hall–Kier alpha value is -2.48. The van der Waals surface area contributed by atoms with Gasteiger partial charge in [-0.1, -0.05) is 24.3 Å². The van der Waals surface area contributed by atoms with Gasteiger partial charge in [-0.2, -0.15) is 13.2 Å². The van der Waals surface area contributed by atoms with Crippen molar-refractivity contribution in [2.45, 2.75) is 46.1 Å². The van der Waals surface area contributed by atoms with Gasteiger partial charge in [-0.15, -0.1) is 0 Å². The van der Waals surface area contributed by atoms with E-state index in [1.54, 1.807) is 18.2 Å². The number of nitrogens with zero attached hydrogens (tertiary/aromatic N) is 1. The smallest absolute Gasteiger partial charge is 0.411 e. The molecule has 0 bridgehead atoms. The molecule has 1 unspecified atom stereocenters. The summed E-state index contributed by atoms with van der Waals surface area (Å²) >= 11 is 0. The average molecular weight is 397 g/mol. The van der Waals surface area contributed by atoms with Crippen molar-refractivity contribution in [2.24, 2.45) is 4.99 Å². The average Bonchev–Trinajstić information content (AvgIpc) is 3.06. The van der Waals surface area contributed by atoms with Crippen molar-refractivity contribution in [3.63, 3.8) is 0 Å². The van der Waals surface area contributed by atoms with Gasteiger partial charge in [0.15, 0.2) is 5.96 Å². The Labute approximate surface area is 163 Å². The third-order valence-corrected chi connectivity index (χ3v) is 3.83. The highest BCUT2D eigenvalue weighted by molar-refractivity contribution is 5.80. The highest BCUT2D eigenvalue weighted by Gasteiger charge is 2.27. The fourth-order valence-electron chi connectivity index (χ4n) is 2.56. The van der Waals surface area contributed by atoms with Crippen molar-refractivity contribution < 1.29 is 22.3 Å². The molecule has 0 spiro atoms. The predicted octanol–water partition coefficient (Wildman–Crippen LogP) is 4.48. The van der Waals surface area contributed by atoms with Crippen LogP contribution in [0.25, 0.3) is 0 Å². The van der Waals surface area contributed by atoms with Crippen LogP contribution < -0.4 is 10.6 Å². The van der Waals surface area contributed by atoms with Gasteiger partial charge in [-0.25, -0.2) is 4.99 Å². The van der Waals surface area contributed by atoms with Gasteiger partial charge in [0.25, 0.3) is 0 Å². The Morgan fingerprint density at radius 2 is 1.96 bits per heavy atom. The zero-order chi connectivity index (χ0) is 20.6. The van der Waals surface area contributed by atoms with Crippen molar-refractivity contribution >= 4 is 5.96 Å². The summed E-state index contributed by atoms with van der Waals surface area (Å²) in [5, 5.41) is 6.45. The number of rotatable bonds is 8. The molecule has 2 rings (SSSR count). The van der Waals surface area contributed by atoms with E-state index in [1.807, 2.05) is 39.0 Å². The van der Waals surface area contributed by atoms with Crippen molar-refractivity contribution in [3.8, 4) is 0 Å². The molecule has 1 atom stereocenters. The zero-order valence-corrected chi connectivity index (χ0v) is 16.3. The van der Waals surface area contributed by atoms with Crippen molar-refractivity contribution in [1.29, 1.82) is 0 Å². The van der Waals surface area contributed by atoms with Gasteiger partial charge in [0.1, 0.15) is 18.1 Å². The summed E-state index contributed by atoms with van der Waals surface area (Å²) in [6.45, 7) is 5.56. The number of hydrogen-bond donors (Lipinski definition) is 2. The second-order valence-corrected chi connectivity index (χ2v) is 6.44. The number of aryl methyl sites for hydroxylation is 1. The van der Waals surface area contributed by atoms with E-state index in [-0.39, 0.29) is 12.6 Å². The van der Waals surface area contributed by atoms with Gasteiger partial charge >= 0.3 is 6.18 Å².